The summed E-state index contributed by atoms with van der Waals surface area (Å²) in [6.45, 7) is 4.06. The molecule has 0 fully saturated rings. The fourth-order valence-corrected chi connectivity index (χ4v) is 4.21. The summed E-state index contributed by atoms with van der Waals surface area (Å²) >= 11 is 0. The molecule has 0 spiro atoms. The van der Waals surface area contributed by atoms with Gasteiger partial charge >= 0.3 is 0 Å². The van der Waals surface area contributed by atoms with E-state index in [1.165, 1.54) is 11.6 Å². The van der Waals surface area contributed by atoms with E-state index in [1.54, 1.807) is 6.07 Å². The fourth-order valence-electron chi connectivity index (χ4n) is 4.21. The molecule has 0 saturated heterocycles. The summed E-state index contributed by atoms with van der Waals surface area (Å²) in [4.78, 5) is 0. The van der Waals surface area contributed by atoms with Crippen molar-refractivity contribution in [2.75, 3.05) is 0 Å². The highest BCUT2D eigenvalue weighted by atomic mass is 19.2. The highest BCUT2D eigenvalue weighted by Crippen LogP contribution is 2.43. The minimum absolute atomic E-state index is 0.0923. The van der Waals surface area contributed by atoms with Gasteiger partial charge in [-0.25, -0.2) is 13.2 Å². The minimum Gasteiger partial charge on any atom is -0.206 e. The van der Waals surface area contributed by atoms with Crippen LogP contribution >= 0.6 is 0 Å². The molecule has 3 aromatic rings. The average molecular weight is 380 g/mol. The number of fused-ring (bicyclic) bond motifs is 3. The quantitative estimate of drug-likeness (QED) is 0.342. The van der Waals surface area contributed by atoms with E-state index in [1.807, 2.05) is 25.1 Å². The summed E-state index contributed by atoms with van der Waals surface area (Å²) in [5, 5.41) is 0. The zero-order valence-electron chi connectivity index (χ0n) is 16.2. The second-order valence-electron chi connectivity index (χ2n) is 7.56. The SMILES string of the molecule is CCCc1ccc(-c2cc(F)c3c(c2)Cc2cc(CCC)c(F)c(F)c2-3)cc1. The maximum Gasteiger partial charge on any atom is 0.167 e. The van der Waals surface area contributed by atoms with Crippen molar-refractivity contribution in [1.29, 1.82) is 0 Å². The summed E-state index contributed by atoms with van der Waals surface area (Å²) in [6, 6.07) is 13.2. The first-order chi connectivity index (χ1) is 13.5. The van der Waals surface area contributed by atoms with Crippen molar-refractivity contribution in [2.24, 2.45) is 0 Å². The van der Waals surface area contributed by atoms with E-state index < -0.39 is 17.5 Å². The molecule has 28 heavy (non-hydrogen) atoms. The van der Waals surface area contributed by atoms with Crippen LogP contribution in [0.3, 0.4) is 0 Å². The Hall–Kier alpha value is -2.55. The van der Waals surface area contributed by atoms with Gasteiger partial charge in [-0.05, 0) is 64.8 Å². The first kappa shape index (κ1) is 18.8. The molecule has 0 radical (unpaired) electrons. The molecule has 3 aromatic carbocycles. The van der Waals surface area contributed by atoms with Crippen molar-refractivity contribution < 1.29 is 13.2 Å². The number of rotatable bonds is 5. The van der Waals surface area contributed by atoms with Crippen LogP contribution in [-0.2, 0) is 19.3 Å². The number of halogens is 3. The van der Waals surface area contributed by atoms with Gasteiger partial charge in [-0.2, -0.15) is 0 Å². The van der Waals surface area contributed by atoms with Gasteiger partial charge in [0, 0.05) is 11.1 Å². The first-order valence-electron chi connectivity index (χ1n) is 9.95. The Morgan fingerprint density at radius 3 is 2.07 bits per heavy atom. The predicted molar refractivity (Wildman–Crippen MR) is 108 cm³/mol. The largest absolute Gasteiger partial charge is 0.206 e. The Morgan fingerprint density at radius 2 is 1.39 bits per heavy atom. The second kappa shape index (κ2) is 7.46. The summed E-state index contributed by atoms with van der Waals surface area (Å²) in [5.41, 5.74) is 5.01. The third-order valence-electron chi connectivity index (χ3n) is 5.51. The van der Waals surface area contributed by atoms with Crippen LogP contribution in [0.15, 0.2) is 42.5 Å². The van der Waals surface area contributed by atoms with E-state index in [2.05, 4.69) is 19.1 Å². The number of benzene rings is 3. The van der Waals surface area contributed by atoms with Gasteiger partial charge in [-0.3, -0.25) is 0 Å². The Kier molecular flexibility index (Phi) is 5.01. The molecule has 0 unspecified atom stereocenters. The van der Waals surface area contributed by atoms with Crippen LogP contribution in [0.25, 0.3) is 22.3 Å². The summed E-state index contributed by atoms with van der Waals surface area (Å²) in [5.74, 6) is -2.26. The molecule has 3 heteroatoms. The normalized spacial score (nSPS) is 12.2. The zero-order chi connectivity index (χ0) is 19.8. The van der Waals surface area contributed by atoms with Crippen LogP contribution in [0.5, 0.6) is 0 Å². The number of aryl methyl sites for hydroxylation is 2. The van der Waals surface area contributed by atoms with Crippen molar-refractivity contribution in [1.82, 2.24) is 0 Å². The Bertz CT molecular complexity index is 1030. The highest BCUT2D eigenvalue weighted by molar-refractivity contribution is 5.81. The number of hydrogen-bond donors (Lipinski definition) is 0. The van der Waals surface area contributed by atoms with Gasteiger partial charge in [0.05, 0.1) is 0 Å². The van der Waals surface area contributed by atoms with Gasteiger partial charge in [-0.15, -0.1) is 0 Å². The molecule has 0 bridgehead atoms. The van der Waals surface area contributed by atoms with E-state index in [4.69, 9.17) is 0 Å². The fraction of sp³-hybridized carbons (Fsp3) is 0.280. The Balaban J connectivity index is 1.77. The molecule has 4 rings (SSSR count). The lowest BCUT2D eigenvalue weighted by atomic mass is 9.96. The van der Waals surface area contributed by atoms with E-state index in [0.29, 0.717) is 24.0 Å². The standard InChI is InChI=1S/C25H23F3/c1-3-5-15-7-9-16(10-8-15)18-12-19-13-20-11-17(6-4-2)24(27)25(28)23(20)22(19)21(26)14-18/h7-12,14H,3-6,13H2,1-2H3. The first-order valence-corrected chi connectivity index (χ1v) is 9.95. The monoisotopic (exact) mass is 380 g/mol. The molecular formula is C25H23F3. The molecule has 1 aliphatic rings. The van der Waals surface area contributed by atoms with E-state index >= 15 is 0 Å². The summed E-state index contributed by atoms with van der Waals surface area (Å²) < 4.78 is 44.1. The Labute approximate surface area is 164 Å². The molecule has 0 atom stereocenters. The van der Waals surface area contributed by atoms with Gasteiger partial charge in [0.15, 0.2) is 11.6 Å². The average Bonchev–Trinajstić information content (AvgIpc) is 3.06. The van der Waals surface area contributed by atoms with Gasteiger partial charge in [-0.1, -0.05) is 57.0 Å². The molecule has 0 N–H and O–H groups in total. The van der Waals surface area contributed by atoms with Crippen molar-refractivity contribution in [3.05, 3.63) is 82.2 Å². The smallest absolute Gasteiger partial charge is 0.167 e. The van der Waals surface area contributed by atoms with Gasteiger partial charge in [0.2, 0.25) is 0 Å². The maximum atomic E-state index is 15.0. The van der Waals surface area contributed by atoms with Crippen LogP contribution in [0.4, 0.5) is 13.2 Å². The molecule has 0 amide bonds. The highest BCUT2D eigenvalue weighted by Gasteiger charge is 2.29. The summed E-state index contributed by atoms with van der Waals surface area (Å²) in [7, 11) is 0. The van der Waals surface area contributed by atoms with Crippen LogP contribution in [0.2, 0.25) is 0 Å². The second-order valence-corrected chi connectivity index (χ2v) is 7.56. The molecule has 0 nitrogen and oxygen atoms in total. The topological polar surface area (TPSA) is 0 Å². The molecule has 0 heterocycles. The van der Waals surface area contributed by atoms with Crippen LogP contribution in [0, 0.1) is 17.5 Å². The van der Waals surface area contributed by atoms with Crippen molar-refractivity contribution in [3.63, 3.8) is 0 Å². The van der Waals surface area contributed by atoms with Crippen molar-refractivity contribution in [3.8, 4) is 22.3 Å². The lowest BCUT2D eigenvalue weighted by Crippen LogP contribution is -1.99. The maximum absolute atomic E-state index is 15.0. The van der Waals surface area contributed by atoms with Crippen LogP contribution in [-0.4, -0.2) is 0 Å². The lowest BCUT2D eigenvalue weighted by molar-refractivity contribution is 0.499. The third kappa shape index (κ3) is 3.13. The van der Waals surface area contributed by atoms with Crippen LogP contribution < -0.4 is 0 Å². The molecule has 0 aromatic heterocycles. The molecular weight excluding hydrogens is 357 g/mol. The predicted octanol–water partition coefficient (Wildman–Crippen LogP) is 7.25. The van der Waals surface area contributed by atoms with E-state index in [-0.39, 0.29) is 11.1 Å². The molecule has 0 aliphatic heterocycles. The van der Waals surface area contributed by atoms with Crippen molar-refractivity contribution >= 4 is 0 Å². The van der Waals surface area contributed by atoms with Gasteiger partial charge in [0.25, 0.3) is 0 Å². The van der Waals surface area contributed by atoms with E-state index in [0.717, 1.165) is 36.0 Å². The molecule has 1 aliphatic carbocycles. The lowest BCUT2D eigenvalue weighted by Gasteiger charge is -2.10. The zero-order valence-corrected chi connectivity index (χ0v) is 16.2. The minimum atomic E-state index is -0.921. The Morgan fingerprint density at radius 1 is 0.714 bits per heavy atom. The molecule has 0 saturated carbocycles. The van der Waals surface area contributed by atoms with Gasteiger partial charge in [0.1, 0.15) is 5.82 Å². The van der Waals surface area contributed by atoms with E-state index in [9.17, 15) is 13.2 Å². The van der Waals surface area contributed by atoms with Crippen LogP contribution in [0.1, 0.15) is 48.9 Å². The number of hydrogen-bond acceptors (Lipinski definition) is 0. The summed E-state index contributed by atoms with van der Waals surface area (Å²) in [6.07, 6.45) is 3.72. The third-order valence-corrected chi connectivity index (χ3v) is 5.51. The van der Waals surface area contributed by atoms with Gasteiger partial charge < -0.3 is 0 Å². The molecule has 144 valence electrons. The van der Waals surface area contributed by atoms with Crippen molar-refractivity contribution in [2.45, 2.75) is 46.0 Å².